The molecule has 0 aliphatic rings. The minimum absolute atomic E-state index is 0.00101. The van der Waals surface area contributed by atoms with Gasteiger partial charge in [-0.2, -0.15) is 0 Å². The molecule has 1 aromatic rings. The van der Waals surface area contributed by atoms with Crippen LogP contribution in [0.4, 0.5) is 8.78 Å². The topological polar surface area (TPSA) is 46.2 Å². The average Bonchev–Trinajstić information content (AvgIpc) is 2.18. The third-order valence-corrected chi connectivity index (χ3v) is 3.64. The lowest BCUT2D eigenvalue weighted by Gasteiger charge is -2.19. The van der Waals surface area contributed by atoms with Gasteiger partial charge in [-0.25, -0.2) is 17.2 Å². The van der Waals surface area contributed by atoms with E-state index >= 15 is 0 Å². The van der Waals surface area contributed by atoms with Crippen molar-refractivity contribution in [3.63, 3.8) is 0 Å². The maximum Gasteiger partial charge on any atom is 0.159 e. The van der Waals surface area contributed by atoms with Gasteiger partial charge in [-0.05, 0) is 31.5 Å². The fraction of sp³-hybridized carbons (Fsp3) is 0.500. The molecule has 102 valence electrons. The predicted molar refractivity (Wildman–Crippen MR) is 67.1 cm³/mol. The second-order valence-electron chi connectivity index (χ2n) is 4.56. The van der Waals surface area contributed by atoms with Gasteiger partial charge < -0.3 is 5.32 Å². The first-order valence-electron chi connectivity index (χ1n) is 5.58. The molecule has 0 aliphatic carbocycles. The van der Waals surface area contributed by atoms with Crippen LogP contribution < -0.4 is 5.32 Å². The largest absolute Gasteiger partial charge is 0.307 e. The number of hydrogen-bond acceptors (Lipinski definition) is 3. The molecule has 0 saturated heterocycles. The molecule has 2 unspecified atom stereocenters. The van der Waals surface area contributed by atoms with Gasteiger partial charge in [0, 0.05) is 18.3 Å². The number of halogens is 2. The molecule has 1 aromatic carbocycles. The third-order valence-electron chi connectivity index (χ3n) is 2.53. The summed E-state index contributed by atoms with van der Waals surface area (Å²) in [4.78, 5) is 0. The lowest BCUT2D eigenvalue weighted by molar-refractivity contribution is 0.484. The highest BCUT2D eigenvalue weighted by Gasteiger charge is 2.15. The van der Waals surface area contributed by atoms with Gasteiger partial charge >= 0.3 is 0 Å². The highest BCUT2D eigenvalue weighted by molar-refractivity contribution is 7.90. The molecule has 18 heavy (non-hydrogen) atoms. The Hall–Kier alpha value is -1.01. The van der Waals surface area contributed by atoms with E-state index in [1.54, 1.807) is 13.8 Å². The van der Waals surface area contributed by atoms with Crippen LogP contribution in [0.3, 0.4) is 0 Å². The number of rotatable bonds is 5. The number of nitrogens with one attached hydrogen (secondary N) is 1. The van der Waals surface area contributed by atoms with Crippen molar-refractivity contribution >= 4 is 9.84 Å². The molecule has 1 rings (SSSR count). The summed E-state index contributed by atoms with van der Waals surface area (Å²) >= 11 is 0. The fourth-order valence-electron chi connectivity index (χ4n) is 1.81. The predicted octanol–water partition coefficient (Wildman–Crippen LogP) is 2.05. The minimum atomic E-state index is -3.06. The Balaban J connectivity index is 2.70. The van der Waals surface area contributed by atoms with Gasteiger partial charge in [0.15, 0.2) is 11.6 Å². The zero-order chi connectivity index (χ0) is 13.9. The van der Waals surface area contributed by atoms with E-state index in [-0.39, 0.29) is 17.8 Å². The van der Waals surface area contributed by atoms with E-state index in [1.165, 1.54) is 6.07 Å². The van der Waals surface area contributed by atoms with Gasteiger partial charge in [0.1, 0.15) is 9.84 Å². The van der Waals surface area contributed by atoms with Crippen LogP contribution in [0.1, 0.15) is 25.5 Å². The van der Waals surface area contributed by atoms with E-state index in [1.807, 2.05) is 0 Å². The van der Waals surface area contributed by atoms with Crippen molar-refractivity contribution in [3.05, 3.63) is 35.4 Å². The Morgan fingerprint density at radius 1 is 1.22 bits per heavy atom. The van der Waals surface area contributed by atoms with Gasteiger partial charge in [0.05, 0.1) is 5.75 Å². The van der Waals surface area contributed by atoms with Crippen LogP contribution >= 0.6 is 0 Å². The van der Waals surface area contributed by atoms with Gasteiger partial charge in [0.25, 0.3) is 0 Å². The van der Waals surface area contributed by atoms with Crippen molar-refractivity contribution in [2.24, 2.45) is 0 Å². The molecule has 0 heterocycles. The summed E-state index contributed by atoms with van der Waals surface area (Å²) in [6, 6.07) is 3.13. The van der Waals surface area contributed by atoms with E-state index in [0.29, 0.717) is 5.56 Å². The van der Waals surface area contributed by atoms with Crippen LogP contribution in [-0.2, 0) is 9.84 Å². The zero-order valence-electron chi connectivity index (χ0n) is 10.6. The number of sulfone groups is 1. The molecular weight excluding hydrogens is 260 g/mol. The summed E-state index contributed by atoms with van der Waals surface area (Å²) < 4.78 is 48.0. The highest BCUT2D eigenvalue weighted by Crippen LogP contribution is 2.16. The van der Waals surface area contributed by atoms with Gasteiger partial charge in [0.2, 0.25) is 0 Å². The van der Waals surface area contributed by atoms with Crippen molar-refractivity contribution in [1.29, 1.82) is 0 Å². The van der Waals surface area contributed by atoms with Crippen molar-refractivity contribution in [2.45, 2.75) is 25.9 Å². The highest BCUT2D eigenvalue weighted by atomic mass is 32.2. The molecular formula is C12H17F2NO2S. The quantitative estimate of drug-likeness (QED) is 0.896. The summed E-state index contributed by atoms with van der Waals surface area (Å²) in [5, 5.41) is 3.03. The summed E-state index contributed by atoms with van der Waals surface area (Å²) in [5.74, 6) is -1.80. The first-order valence-corrected chi connectivity index (χ1v) is 7.64. The Bertz CT molecular complexity index is 517. The molecule has 0 amide bonds. The standard InChI is InChI=1S/C12H17F2NO2S/c1-8(7-18(3,16)17)15-9(2)10-4-5-11(13)12(14)6-10/h4-6,8-9,15H,7H2,1-3H3. The molecule has 6 heteroatoms. The van der Waals surface area contributed by atoms with Crippen LogP contribution in [0.25, 0.3) is 0 Å². The molecule has 0 aromatic heterocycles. The molecule has 0 saturated carbocycles. The van der Waals surface area contributed by atoms with Gasteiger partial charge in [-0.3, -0.25) is 0 Å². The average molecular weight is 277 g/mol. The van der Waals surface area contributed by atoms with E-state index < -0.39 is 21.5 Å². The molecule has 0 aliphatic heterocycles. The van der Waals surface area contributed by atoms with E-state index in [2.05, 4.69) is 5.32 Å². The fourth-order valence-corrected chi connectivity index (χ4v) is 2.81. The van der Waals surface area contributed by atoms with Crippen LogP contribution in [0.2, 0.25) is 0 Å². The Morgan fingerprint density at radius 2 is 1.83 bits per heavy atom. The van der Waals surface area contributed by atoms with Gasteiger partial charge in [-0.15, -0.1) is 0 Å². The van der Waals surface area contributed by atoms with Crippen molar-refractivity contribution in [1.82, 2.24) is 5.32 Å². The Labute approximate surface area is 106 Å². The second kappa shape index (κ2) is 5.75. The zero-order valence-corrected chi connectivity index (χ0v) is 11.4. The first-order chi connectivity index (χ1) is 8.19. The number of hydrogen-bond donors (Lipinski definition) is 1. The van der Waals surface area contributed by atoms with Crippen molar-refractivity contribution in [2.75, 3.05) is 12.0 Å². The lowest BCUT2D eigenvalue weighted by Crippen LogP contribution is -2.34. The maximum absolute atomic E-state index is 13.0. The summed E-state index contributed by atoms with van der Waals surface area (Å²) in [5.41, 5.74) is 0.578. The van der Waals surface area contributed by atoms with Gasteiger partial charge in [-0.1, -0.05) is 6.07 Å². The van der Waals surface area contributed by atoms with Crippen molar-refractivity contribution in [3.8, 4) is 0 Å². The summed E-state index contributed by atoms with van der Waals surface area (Å²) in [6.07, 6.45) is 1.16. The monoisotopic (exact) mass is 277 g/mol. The molecule has 2 atom stereocenters. The second-order valence-corrected chi connectivity index (χ2v) is 6.74. The van der Waals surface area contributed by atoms with Crippen LogP contribution in [-0.4, -0.2) is 26.5 Å². The smallest absolute Gasteiger partial charge is 0.159 e. The Kier molecular flexibility index (Phi) is 4.81. The molecule has 1 N–H and O–H groups in total. The molecule has 0 radical (unpaired) electrons. The maximum atomic E-state index is 13.0. The van der Waals surface area contributed by atoms with Crippen LogP contribution in [0.5, 0.6) is 0 Å². The summed E-state index contributed by atoms with van der Waals surface area (Å²) in [6.45, 7) is 3.50. The summed E-state index contributed by atoms with van der Waals surface area (Å²) in [7, 11) is -3.06. The molecule has 0 bridgehead atoms. The van der Waals surface area contributed by atoms with E-state index in [9.17, 15) is 17.2 Å². The first kappa shape index (κ1) is 15.0. The van der Waals surface area contributed by atoms with Crippen LogP contribution in [0, 0.1) is 11.6 Å². The lowest BCUT2D eigenvalue weighted by atomic mass is 10.1. The van der Waals surface area contributed by atoms with Crippen molar-refractivity contribution < 1.29 is 17.2 Å². The molecule has 0 spiro atoms. The molecule has 0 fully saturated rings. The molecule has 3 nitrogen and oxygen atoms in total. The SMILES string of the molecule is CC(CS(C)(=O)=O)NC(C)c1ccc(F)c(F)c1. The van der Waals surface area contributed by atoms with E-state index in [4.69, 9.17) is 0 Å². The third kappa shape index (κ3) is 4.70. The van der Waals surface area contributed by atoms with E-state index in [0.717, 1.165) is 18.4 Å². The normalized spacial score (nSPS) is 15.4. The Morgan fingerprint density at radius 3 is 2.33 bits per heavy atom. The van der Waals surface area contributed by atoms with Crippen LogP contribution in [0.15, 0.2) is 18.2 Å². The number of benzene rings is 1. The minimum Gasteiger partial charge on any atom is -0.307 e.